The molecule has 0 amide bonds. The maximum atomic E-state index is 6.11. The minimum atomic E-state index is 0.648. The molecule has 0 radical (unpaired) electrons. The maximum absolute atomic E-state index is 6.11. The normalized spacial score (nSPS) is 13.4. The van der Waals surface area contributed by atoms with Gasteiger partial charge in [-0.25, -0.2) is 0 Å². The van der Waals surface area contributed by atoms with E-state index in [4.69, 9.17) is 21.4 Å². The van der Waals surface area contributed by atoms with Gasteiger partial charge >= 0.3 is 0 Å². The molecule has 28 heavy (non-hydrogen) atoms. The molecule has 1 aliphatic heterocycles. The van der Waals surface area contributed by atoms with Crippen LogP contribution in [0.2, 0.25) is 5.02 Å². The lowest BCUT2D eigenvalue weighted by atomic mass is 10.0. The predicted molar refractivity (Wildman–Crippen MR) is 118 cm³/mol. The van der Waals surface area contributed by atoms with Crippen molar-refractivity contribution in [2.45, 2.75) is 20.4 Å². The first-order chi connectivity index (χ1) is 13.5. The van der Waals surface area contributed by atoms with Crippen LogP contribution in [0, 0.1) is 13.8 Å². The van der Waals surface area contributed by atoms with E-state index < -0.39 is 0 Å². The second-order valence-corrected chi connectivity index (χ2v) is 8.45. The first-order valence-electron chi connectivity index (χ1n) is 9.12. The zero-order valence-corrected chi connectivity index (χ0v) is 17.7. The summed E-state index contributed by atoms with van der Waals surface area (Å²) in [7, 11) is 1.68. The van der Waals surface area contributed by atoms with Crippen LogP contribution in [0.25, 0.3) is 0 Å². The smallest absolute Gasteiger partial charge is 0.118 e. The Morgan fingerprint density at radius 1 is 1.11 bits per heavy atom. The van der Waals surface area contributed by atoms with Crippen molar-refractivity contribution < 1.29 is 4.74 Å². The molecular formula is C22H22ClN3OS. The Morgan fingerprint density at radius 3 is 2.50 bits per heavy atom. The van der Waals surface area contributed by atoms with Gasteiger partial charge < -0.3 is 10.1 Å². The number of ether oxygens (including phenoxy) is 1. The molecule has 0 saturated heterocycles. The Balaban J connectivity index is 1.73. The third kappa shape index (κ3) is 3.73. The zero-order valence-electron chi connectivity index (χ0n) is 16.1. The molecule has 0 saturated carbocycles. The molecule has 1 aliphatic rings. The Labute approximate surface area is 174 Å². The number of benzene rings is 2. The van der Waals surface area contributed by atoms with Gasteiger partial charge in [0.05, 0.1) is 18.7 Å². The van der Waals surface area contributed by atoms with Crippen molar-refractivity contribution in [1.29, 1.82) is 0 Å². The summed E-state index contributed by atoms with van der Waals surface area (Å²) in [5.41, 5.74) is 5.68. The number of hydrogen-bond acceptors (Lipinski definition) is 5. The quantitative estimate of drug-likeness (QED) is 0.601. The van der Waals surface area contributed by atoms with Crippen molar-refractivity contribution in [1.82, 2.24) is 5.01 Å². The lowest BCUT2D eigenvalue weighted by molar-refractivity contribution is 0.302. The molecular weight excluding hydrogens is 390 g/mol. The van der Waals surface area contributed by atoms with E-state index in [-0.39, 0.29) is 0 Å². The molecule has 2 aromatic carbocycles. The van der Waals surface area contributed by atoms with Crippen LogP contribution in [0.15, 0.2) is 53.6 Å². The summed E-state index contributed by atoms with van der Waals surface area (Å²) in [6, 6.07) is 16.0. The maximum Gasteiger partial charge on any atom is 0.118 e. The summed E-state index contributed by atoms with van der Waals surface area (Å²) in [5, 5.41) is 12.6. The molecule has 144 valence electrons. The highest BCUT2D eigenvalue weighted by molar-refractivity contribution is 7.16. The highest BCUT2D eigenvalue weighted by Gasteiger charge is 2.23. The molecule has 0 spiro atoms. The fourth-order valence-corrected chi connectivity index (χ4v) is 4.45. The van der Waals surface area contributed by atoms with E-state index in [1.165, 1.54) is 26.6 Å². The van der Waals surface area contributed by atoms with Crippen molar-refractivity contribution in [3.8, 4) is 5.75 Å². The molecule has 2 heterocycles. The minimum Gasteiger partial charge on any atom is -0.497 e. The lowest BCUT2D eigenvalue weighted by Gasteiger charge is -2.19. The molecule has 0 fully saturated rings. The van der Waals surface area contributed by atoms with Crippen LogP contribution in [0.4, 0.5) is 5.00 Å². The van der Waals surface area contributed by atoms with Gasteiger partial charge in [0.15, 0.2) is 0 Å². The fourth-order valence-electron chi connectivity index (χ4n) is 3.27. The first-order valence-corrected chi connectivity index (χ1v) is 10.3. The zero-order chi connectivity index (χ0) is 19.7. The molecule has 0 unspecified atom stereocenters. The minimum absolute atomic E-state index is 0.648. The number of hydrazone groups is 1. The average molecular weight is 412 g/mol. The summed E-state index contributed by atoms with van der Waals surface area (Å²) in [5.74, 6) is 0.858. The molecule has 4 rings (SSSR count). The second kappa shape index (κ2) is 7.86. The van der Waals surface area contributed by atoms with Crippen LogP contribution in [0.1, 0.15) is 27.1 Å². The van der Waals surface area contributed by atoms with Crippen molar-refractivity contribution in [2.24, 2.45) is 5.10 Å². The molecule has 1 N–H and O–H groups in total. The van der Waals surface area contributed by atoms with Gasteiger partial charge in [-0.3, -0.25) is 5.01 Å². The Bertz CT molecular complexity index is 1010. The van der Waals surface area contributed by atoms with E-state index in [0.717, 1.165) is 22.0 Å². The van der Waals surface area contributed by atoms with E-state index in [2.05, 4.69) is 36.3 Å². The number of fused-ring (bicyclic) bond motifs is 1. The Kier molecular flexibility index (Phi) is 5.29. The van der Waals surface area contributed by atoms with Crippen LogP contribution in [-0.4, -0.2) is 24.5 Å². The number of anilines is 1. The molecule has 6 heteroatoms. The van der Waals surface area contributed by atoms with Gasteiger partial charge in [0.1, 0.15) is 18.1 Å². The molecule has 0 bridgehead atoms. The van der Waals surface area contributed by atoms with E-state index in [1.54, 1.807) is 18.4 Å². The molecule has 4 nitrogen and oxygen atoms in total. The Morgan fingerprint density at radius 2 is 1.82 bits per heavy atom. The van der Waals surface area contributed by atoms with Crippen LogP contribution >= 0.6 is 22.9 Å². The molecule has 0 aliphatic carbocycles. The summed E-state index contributed by atoms with van der Waals surface area (Å²) in [6.07, 6.45) is 0. The number of nitrogens with one attached hydrogen (secondary N) is 1. The topological polar surface area (TPSA) is 36.9 Å². The van der Waals surface area contributed by atoms with Gasteiger partial charge in [-0.2, -0.15) is 5.10 Å². The van der Waals surface area contributed by atoms with E-state index in [1.807, 2.05) is 36.4 Å². The van der Waals surface area contributed by atoms with Crippen LogP contribution in [-0.2, 0) is 6.54 Å². The van der Waals surface area contributed by atoms with Crippen LogP contribution in [0.3, 0.4) is 0 Å². The van der Waals surface area contributed by atoms with Crippen LogP contribution in [0.5, 0.6) is 5.75 Å². The second-order valence-electron chi connectivity index (χ2n) is 6.79. The molecule has 1 aromatic heterocycles. The summed E-state index contributed by atoms with van der Waals surface area (Å²) in [6.45, 7) is 5.68. The number of methoxy groups -OCH3 is 1. The van der Waals surface area contributed by atoms with Gasteiger partial charge in [0.25, 0.3) is 0 Å². The summed E-state index contributed by atoms with van der Waals surface area (Å²) < 4.78 is 5.26. The van der Waals surface area contributed by atoms with E-state index in [9.17, 15) is 0 Å². The monoisotopic (exact) mass is 411 g/mol. The van der Waals surface area contributed by atoms with E-state index >= 15 is 0 Å². The van der Waals surface area contributed by atoms with Crippen molar-refractivity contribution >= 4 is 33.7 Å². The van der Waals surface area contributed by atoms with E-state index in [0.29, 0.717) is 13.2 Å². The van der Waals surface area contributed by atoms with Crippen molar-refractivity contribution in [3.63, 3.8) is 0 Å². The number of halogens is 1. The van der Waals surface area contributed by atoms with Crippen molar-refractivity contribution in [3.05, 3.63) is 80.7 Å². The van der Waals surface area contributed by atoms with Crippen molar-refractivity contribution in [2.75, 3.05) is 19.1 Å². The molecule has 0 atom stereocenters. The summed E-state index contributed by atoms with van der Waals surface area (Å²) >= 11 is 7.89. The van der Waals surface area contributed by atoms with Gasteiger partial charge in [-0.05, 0) is 49.2 Å². The highest BCUT2D eigenvalue weighted by Crippen LogP contribution is 2.36. The Hall–Kier alpha value is -2.50. The largest absolute Gasteiger partial charge is 0.497 e. The van der Waals surface area contributed by atoms with Gasteiger partial charge in [0, 0.05) is 21.0 Å². The highest BCUT2D eigenvalue weighted by atomic mass is 35.5. The van der Waals surface area contributed by atoms with Crippen LogP contribution < -0.4 is 10.1 Å². The number of thiophene rings is 1. The van der Waals surface area contributed by atoms with Gasteiger partial charge in [0.2, 0.25) is 0 Å². The fraction of sp³-hybridized carbons (Fsp3) is 0.227. The van der Waals surface area contributed by atoms with Gasteiger partial charge in [-0.15, -0.1) is 11.3 Å². The third-order valence-corrected chi connectivity index (χ3v) is 6.34. The predicted octanol–water partition coefficient (Wildman–Crippen LogP) is 5.66. The SMILES string of the molecule is COc1ccc(CN2CNc3sc(C)c(C)c3C(c3ccc(Cl)cc3)=N2)cc1. The third-order valence-electron chi connectivity index (χ3n) is 4.93. The number of rotatable bonds is 4. The average Bonchev–Trinajstić information content (AvgIpc) is 2.87. The van der Waals surface area contributed by atoms with Gasteiger partial charge in [-0.1, -0.05) is 35.9 Å². The summed E-state index contributed by atoms with van der Waals surface area (Å²) in [4.78, 5) is 1.31. The standard InChI is InChI=1S/C22H22ClN3OS/c1-14-15(2)28-22-20(14)21(17-6-8-18(23)9-7-17)25-26(13-24-22)12-16-4-10-19(27-3)11-5-16/h4-11,24H,12-13H2,1-3H3. The first kappa shape index (κ1) is 18.8. The lowest BCUT2D eigenvalue weighted by Crippen LogP contribution is -2.23. The number of aryl methyl sites for hydroxylation is 1. The number of hydrogen-bond donors (Lipinski definition) is 1. The molecule has 3 aromatic rings. The number of nitrogens with zero attached hydrogens (tertiary/aromatic N) is 2.